The predicted molar refractivity (Wildman–Crippen MR) is 59.0 cm³/mol. The summed E-state index contributed by atoms with van der Waals surface area (Å²) in [5.41, 5.74) is 0. The molecule has 0 fully saturated rings. The van der Waals surface area contributed by atoms with E-state index in [0.29, 0.717) is 0 Å². The second-order valence-corrected chi connectivity index (χ2v) is 3.12. The fourth-order valence-corrected chi connectivity index (χ4v) is 0.854. The van der Waals surface area contributed by atoms with Crippen LogP contribution < -0.4 is 0 Å². The Bertz CT molecular complexity index is 37.1. The van der Waals surface area contributed by atoms with Crippen molar-refractivity contribution >= 4 is 0 Å². The maximum Gasteiger partial charge on any atom is 0 e. The first-order chi connectivity index (χ1) is 5.83. The van der Waals surface area contributed by atoms with Crippen LogP contribution >= 0.6 is 0 Å². The van der Waals surface area contributed by atoms with Gasteiger partial charge in [-0.3, -0.25) is 0 Å². The Morgan fingerprint density at radius 3 is 1.08 bits per heavy atom. The van der Waals surface area contributed by atoms with Gasteiger partial charge in [-0.25, -0.2) is 0 Å². The Balaban J connectivity index is -0.000000143. The summed E-state index contributed by atoms with van der Waals surface area (Å²) in [5.74, 6) is 0. The largest absolute Gasteiger partial charge is 0.343 e. The molecule has 0 spiro atoms. The first-order valence-electron chi connectivity index (χ1n) is 5.41. The number of hydrogen-bond acceptors (Lipinski definition) is 0. The van der Waals surface area contributed by atoms with Gasteiger partial charge < -0.3 is 13.8 Å². The zero-order valence-electron chi connectivity index (χ0n) is 9.57. The fraction of sp³-hybridized carbons (Fsp3) is 0.833. The molecular formula is C12H26Nd-2. The van der Waals surface area contributed by atoms with E-state index in [2.05, 4.69) is 27.7 Å². The third kappa shape index (κ3) is 31.8. The standard InChI is InChI=1S/2C6H13.Nd/c2*1-3-5-6-4-2;/h2*1,3-6H2,2H3;/q2*-1;. The summed E-state index contributed by atoms with van der Waals surface area (Å²) >= 11 is 0. The smallest absolute Gasteiger partial charge is 0 e. The Hall–Kier alpha value is 1.35. The molecule has 0 saturated carbocycles. The fourth-order valence-electron chi connectivity index (χ4n) is 0.854. The number of rotatable bonds is 6. The third-order valence-corrected chi connectivity index (χ3v) is 1.71. The number of unbranched alkanes of at least 4 members (excludes halogenated alkanes) is 6. The Morgan fingerprint density at radius 2 is 1.00 bits per heavy atom. The van der Waals surface area contributed by atoms with Gasteiger partial charge in [0.05, 0.1) is 0 Å². The quantitative estimate of drug-likeness (QED) is 0.488. The van der Waals surface area contributed by atoms with Crippen LogP contribution in [0.3, 0.4) is 0 Å². The average Bonchev–Trinajstić information content (AvgIpc) is 2.12. The molecule has 13 heavy (non-hydrogen) atoms. The van der Waals surface area contributed by atoms with Gasteiger partial charge in [0.25, 0.3) is 0 Å². The molecule has 0 nitrogen and oxygen atoms in total. The van der Waals surface area contributed by atoms with Gasteiger partial charge in [0, 0.05) is 40.8 Å². The summed E-state index contributed by atoms with van der Waals surface area (Å²) in [6, 6.07) is 0. The van der Waals surface area contributed by atoms with Crippen LogP contribution in [0.25, 0.3) is 0 Å². The first kappa shape index (κ1) is 19.9. The van der Waals surface area contributed by atoms with Gasteiger partial charge in [-0.2, -0.15) is 12.8 Å². The molecular weight excluding hydrogens is 288 g/mol. The van der Waals surface area contributed by atoms with Crippen LogP contribution in [0.4, 0.5) is 0 Å². The minimum atomic E-state index is 0. The van der Waals surface area contributed by atoms with E-state index >= 15 is 0 Å². The second kappa shape index (κ2) is 23.3. The van der Waals surface area contributed by atoms with Crippen molar-refractivity contribution < 1.29 is 40.8 Å². The van der Waals surface area contributed by atoms with Gasteiger partial charge in [-0.1, -0.05) is 52.4 Å². The van der Waals surface area contributed by atoms with Crippen LogP contribution in [-0.2, 0) is 0 Å². The zero-order valence-corrected chi connectivity index (χ0v) is 12.8. The van der Waals surface area contributed by atoms with Gasteiger partial charge in [0.15, 0.2) is 0 Å². The molecule has 0 N–H and O–H groups in total. The molecule has 0 atom stereocenters. The molecule has 0 aliphatic carbocycles. The summed E-state index contributed by atoms with van der Waals surface area (Å²) in [5, 5.41) is 0. The Labute approximate surface area is 119 Å². The van der Waals surface area contributed by atoms with Gasteiger partial charge in [-0.05, 0) is 0 Å². The summed E-state index contributed by atoms with van der Waals surface area (Å²) in [6.45, 7) is 11.9. The Morgan fingerprint density at radius 1 is 0.692 bits per heavy atom. The molecule has 80 valence electrons. The van der Waals surface area contributed by atoms with Crippen molar-refractivity contribution in [2.24, 2.45) is 0 Å². The van der Waals surface area contributed by atoms with Crippen LogP contribution in [0.15, 0.2) is 0 Å². The van der Waals surface area contributed by atoms with Crippen LogP contribution in [-0.4, -0.2) is 0 Å². The van der Waals surface area contributed by atoms with E-state index in [0.717, 1.165) is 12.8 Å². The molecule has 0 aliphatic heterocycles. The molecule has 0 unspecified atom stereocenters. The molecule has 0 amide bonds. The number of hydrogen-bond donors (Lipinski definition) is 0. The van der Waals surface area contributed by atoms with Crippen molar-refractivity contribution in [1.82, 2.24) is 0 Å². The van der Waals surface area contributed by atoms with Gasteiger partial charge in [-0.15, -0.1) is 0 Å². The SMILES string of the molecule is [CH2-]CCCCC.[CH2-]CCCCC.[Nd]. The summed E-state index contributed by atoms with van der Waals surface area (Å²) in [6.07, 6.45) is 10.1. The topological polar surface area (TPSA) is 0 Å². The molecule has 0 bridgehead atoms. The normalized spacial score (nSPS) is 8.31. The van der Waals surface area contributed by atoms with E-state index in [1.165, 1.54) is 38.5 Å². The van der Waals surface area contributed by atoms with E-state index in [4.69, 9.17) is 0 Å². The van der Waals surface area contributed by atoms with Crippen molar-refractivity contribution in [2.75, 3.05) is 0 Å². The van der Waals surface area contributed by atoms with Crippen molar-refractivity contribution in [2.45, 2.75) is 65.2 Å². The van der Waals surface area contributed by atoms with E-state index in [-0.39, 0.29) is 40.8 Å². The van der Waals surface area contributed by atoms with Crippen LogP contribution in [0, 0.1) is 54.7 Å². The summed E-state index contributed by atoms with van der Waals surface area (Å²) < 4.78 is 0. The molecule has 0 aliphatic rings. The predicted octanol–water partition coefficient (Wildman–Crippen LogP) is 4.80. The van der Waals surface area contributed by atoms with Crippen LogP contribution in [0.2, 0.25) is 0 Å². The van der Waals surface area contributed by atoms with Gasteiger partial charge in [0.1, 0.15) is 0 Å². The van der Waals surface area contributed by atoms with Crippen molar-refractivity contribution in [1.29, 1.82) is 0 Å². The first-order valence-corrected chi connectivity index (χ1v) is 5.41. The van der Waals surface area contributed by atoms with E-state index in [1.54, 1.807) is 0 Å². The molecule has 0 heterocycles. The maximum atomic E-state index is 3.72. The van der Waals surface area contributed by atoms with E-state index in [1.807, 2.05) is 0 Å². The average molecular weight is 315 g/mol. The van der Waals surface area contributed by atoms with Crippen LogP contribution in [0.1, 0.15) is 65.2 Å². The Kier molecular flexibility index (Phi) is 35.6. The molecule has 0 aromatic rings. The van der Waals surface area contributed by atoms with E-state index < -0.39 is 0 Å². The molecule has 0 rings (SSSR count). The molecule has 0 aromatic carbocycles. The maximum absolute atomic E-state index is 3.72. The molecule has 1 heteroatoms. The minimum absolute atomic E-state index is 0. The third-order valence-electron chi connectivity index (χ3n) is 1.71. The van der Waals surface area contributed by atoms with Gasteiger partial charge >= 0.3 is 0 Å². The second-order valence-electron chi connectivity index (χ2n) is 3.12. The van der Waals surface area contributed by atoms with E-state index in [9.17, 15) is 0 Å². The summed E-state index contributed by atoms with van der Waals surface area (Å²) in [4.78, 5) is 0. The van der Waals surface area contributed by atoms with Crippen molar-refractivity contribution in [3.05, 3.63) is 13.8 Å². The van der Waals surface area contributed by atoms with Crippen molar-refractivity contribution in [3.63, 3.8) is 0 Å². The van der Waals surface area contributed by atoms with Gasteiger partial charge in [0.2, 0.25) is 0 Å². The monoisotopic (exact) mass is 312 g/mol. The molecule has 0 saturated heterocycles. The summed E-state index contributed by atoms with van der Waals surface area (Å²) in [7, 11) is 0. The molecule has 0 aromatic heterocycles. The van der Waals surface area contributed by atoms with Crippen LogP contribution in [0.5, 0.6) is 0 Å². The zero-order chi connectivity index (χ0) is 9.66. The minimum Gasteiger partial charge on any atom is -0.343 e. The molecule has 0 radical (unpaired) electrons. The van der Waals surface area contributed by atoms with Crippen molar-refractivity contribution in [3.8, 4) is 0 Å².